The van der Waals surface area contributed by atoms with E-state index in [0.717, 1.165) is 18.9 Å². The molecule has 0 saturated heterocycles. The number of ether oxygens (including phenoxy) is 2. The third-order valence-corrected chi connectivity index (χ3v) is 2.19. The summed E-state index contributed by atoms with van der Waals surface area (Å²) < 4.78 is 10.2. The van der Waals surface area contributed by atoms with Crippen LogP contribution in [0.3, 0.4) is 0 Å². The number of hydrogen-bond acceptors (Lipinski definition) is 3. The number of methoxy groups -OCH3 is 1. The van der Waals surface area contributed by atoms with Crippen LogP contribution in [0.4, 0.5) is 0 Å². The topological polar surface area (TPSA) is 54.9 Å². The predicted octanol–water partition coefficient (Wildman–Crippen LogP) is 1.23. The van der Waals surface area contributed by atoms with Crippen molar-refractivity contribution in [3.8, 4) is 0 Å². The van der Waals surface area contributed by atoms with Crippen molar-refractivity contribution in [2.45, 2.75) is 26.3 Å². The van der Waals surface area contributed by atoms with Gasteiger partial charge in [-0.15, -0.1) is 24.0 Å². The average molecular weight is 359 g/mol. The maximum absolute atomic E-state index is 5.33. The first-order valence-corrected chi connectivity index (χ1v) is 5.78. The number of hydrogen-bond donors (Lipinski definition) is 2. The normalized spacial score (nSPS) is 12.8. The molecule has 0 aliphatic carbocycles. The van der Waals surface area contributed by atoms with Gasteiger partial charge in [0.05, 0.1) is 19.8 Å². The largest absolute Gasteiger partial charge is 0.382 e. The lowest BCUT2D eigenvalue weighted by molar-refractivity contribution is 0.0733. The minimum atomic E-state index is 0. The van der Waals surface area contributed by atoms with E-state index in [0.29, 0.717) is 25.9 Å². The van der Waals surface area contributed by atoms with E-state index in [1.54, 1.807) is 14.2 Å². The summed E-state index contributed by atoms with van der Waals surface area (Å²) in [7, 11) is 3.43. The lowest BCUT2D eigenvalue weighted by Crippen LogP contribution is -2.43. The maximum atomic E-state index is 5.33. The van der Waals surface area contributed by atoms with Crippen LogP contribution in [0.1, 0.15) is 20.3 Å². The van der Waals surface area contributed by atoms with E-state index in [-0.39, 0.29) is 24.0 Å². The quantitative estimate of drug-likeness (QED) is 0.296. The molecule has 0 aromatic heterocycles. The van der Waals surface area contributed by atoms with E-state index in [1.807, 2.05) is 0 Å². The van der Waals surface area contributed by atoms with Gasteiger partial charge in [0.15, 0.2) is 5.96 Å². The highest BCUT2D eigenvalue weighted by Crippen LogP contribution is 1.86. The smallest absolute Gasteiger partial charge is 0.191 e. The SMILES string of the molecule is CCC(C)NC(=NC)NCCOCCOC.I. The van der Waals surface area contributed by atoms with Gasteiger partial charge in [-0.1, -0.05) is 6.92 Å². The van der Waals surface area contributed by atoms with E-state index < -0.39 is 0 Å². The highest BCUT2D eigenvalue weighted by atomic mass is 127. The summed E-state index contributed by atoms with van der Waals surface area (Å²) in [4.78, 5) is 4.12. The van der Waals surface area contributed by atoms with Gasteiger partial charge in [-0.25, -0.2) is 0 Å². The van der Waals surface area contributed by atoms with Gasteiger partial charge in [0.25, 0.3) is 0 Å². The van der Waals surface area contributed by atoms with Gasteiger partial charge in [-0.2, -0.15) is 0 Å². The van der Waals surface area contributed by atoms with Crippen LogP contribution in [0.2, 0.25) is 0 Å². The summed E-state index contributed by atoms with van der Waals surface area (Å²) in [6, 6.07) is 0.431. The zero-order valence-corrected chi connectivity index (χ0v) is 13.6. The van der Waals surface area contributed by atoms with E-state index in [9.17, 15) is 0 Å². The zero-order valence-electron chi connectivity index (χ0n) is 11.3. The van der Waals surface area contributed by atoms with Gasteiger partial charge >= 0.3 is 0 Å². The van der Waals surface area contributed by atoms with Gasteiger partial charge in [0, 0.05) is 26.7 Å². The molecular formula is C11H26IN3O2. The Balaban J connectivity index is 0. The molecule has 6 heteroatoms. The highest BCUT2D eigenvalue weighted by molar-refractivity contribution is 14.0. The van der Waals surface area contributed by atoms with E-state index in [4.69, 9.17) is 9.47 Å². The summed E-state index contributed by atoms with van der Waals surface area (Å²) >= 11 is 0. The molecule has 0 rings (SSSR count). The molecule has 0 radical (unpaired) electrons. The minimum absolute atomic E-state index is 0. The van der Waals surface area contributed by atoms with Crippen molar-refractivity contribution >= 4 is 29.9 Å². The Morgan fingerprint density at radius 2 is 2.00 bits per heavy atom. The summed E-state index contributed by atoms with van der Waals surface area (Å²) in [5.74, 6) is 0.824. The van der Waals surface area contributed by atoms with E-state index in [1.165, 1.54) is 0 Å². The molecule has 5 nitrogen and oxygen atoms in total. The molecule has 17 heavy (non-hydrogen) atoms. The van der Waals surface area contributed by atoms with E-state index >= 15 is 0 Å². The first-order valence-electron chi connectivity index (χ1n) is 5.78. The molecule has 0 amide bonds. The second-order valence-electron chi connectivity index (χ2n) is 3.56. The predicted molar refractivity (Wildman–Crippen MR) is 82.4 cm³/mol. The van der Waals surface area contributed by atoms with Crippen molar-refractivity contribution < 1.29 is 9.47 Å². The number of nitrogens with one attached hydrogen (secondary N) is 2. The summed E-state index contributed by atoms with van der Waals surface area (Å²) in [6.07, 6.45) is 1.07. The van der Waals surface area contributed by atoms with Crippen LogP contribution in [-0.2, 0) is 9.47 Å². The Labute approximate surface area is 122 Å². The van der Waals surface area contributed by atoms with Gasteiger partial charge in [-0.3, -0.25) is 4.99 Å². The number of guanidine groups is 1. The fraction of sp³-hybridized carbons (Fsp3) is 0.909. The number of aliphatic imine (C=N–C) groups is 1. The monoisotopic (exact) mass is 359 g/mol. The Morgan fingerprint density at radius 3 is 2.53 bits per heavy atom. The molecule has 0 aliphatic heterocycles. The van der Waals surface area contributed by atoms with Gasteiger partial charge in [0.1, 0.15) is 0 Å². The molecule has 0 fully saturated rings. The fourth-order valence-corrected chi connectivity index (χ4v) is 1.02. The number of nitrogens with zero attached hydrogens (tertiary/aromatic N) is 1. The van der Waals surface area contributed by atoms with Crippen LogP contribution in [0.25, 0.3) is 0 Å². The second-order valence-corrected chi connectivity index (χ2v) is 3.56. The van der Waals surface area contributed by atoms with Crippen LogP contribution >= 0.6 is 24.0 Å². The molecule has 0 bridgehead atoms. The third kappa shape index (κ3) is 12.2. The summed E-state index contributed by atoms with van der Waals surface area (Å²) in [5, 5.41) is 6.46. The minimum Gasteiger partial charge on any atom is -0.382 e. The van der Waals surface area contributed by atoms with Crippen molar-refractivity contribution in [3.63, 3.8) is 0 Å². The van der Waals surface area contributed by atoms with Crippen molar-refractivity contribution in [3.05, 3.63) is 0 Å². The molecule has 104 valence electrons. The molecule has 0 aromatic rings. The van der Waals surface area contributed by atoms with Crippen molar-refractivity contribution in [1.29, 1.82) is 0 Å². The lowest BCUT2D eigenvalue weighted by Gasteiger charge is -2.16. The van der Waals surface area contributed by atoms with Gasteiger partial charge in [-0.05, 0) is 13.3 Å². The number of halogens is 1. The standard InChI is InChI=1S/C11H25N3O2.HI/c1-5-10(2)14-11(12-3)13-6-7-16-9-8-15-4;/h10H,5-9H2,1-4H3,(H2,12,13,14);1H. The Hall–Kier alpha value is -0.0800. The van der Waals surface area contributed by atoms with Crippen LogP contribution in [0, 0.1) is 0 Å². The zero-order chi connectivity index (χ0) is 12.2. The third-order valence-electron chi connectivity index (χ3n) is 2.19. The molecule has 1 atom stereocenters. The molecule has 1 unspecified atom stereocenters. The Kier molecular flexibility index (Phi) is 15.8. The molecule has 0 saturated carbocycles. The van der Waals surface area contributed by atoms with E-state index in [2.05, 4.69) is 29.5 Å². The van der Waals surface area contributed by atoms with Gasteiger partial charge in [0.2, 0.25) is 0 Å². The average Bonchev–Trinajstić information content (AvgIpc) is 2.31. The highest BCUT2D eigenvalue weighted by Gasteiger charge is 2.01. The van der Waals surface area contributed by atoms with Crippen molar-refractivity contribution in [2.24, 2.45) is 4.99 Å². The Morgan fingerprint density at radius 1 is 1.29 bits per heavy atom. The van der Waals surface area contributed by atoms with Crippen molar-refractivity contribution in [2.75, 3.05) is 40.5 Å². The lowest BCUT2D eigenvalue weighted by atomic mass is 10.3. The first kappa shape index (κ1) is 19.3. The molecule has 0 heterocycles. The van der Waals surface area contributed by atoms with Gasteiger partial charge < -0.3 is 20.1 Å². The van der Waals surface area contributed by atoms with Crippen LogP contribution in [0.5, 0.6) is 0 Å². The second kappa shape index (κ2) is 14.0. The molecule has 0 aromatic carbocycles. The summed E-state index contributed by atoms with van der Waals surface area (Å²) in [5.41, 5.74) is 0. The summed E-state index contributed by atoms with van der Waals surface area (Å²) in [6.45, 7) is 6.94. The maximum Gasteiger partial charge on any atom is 0.191 e. The van der Waals surface area contributed by atoms with Crippen molar-refractivity contribution in [1.82, 2.24) is 10.6 Å². The Bertz CT molecular complexity index is 192. The molecular weight excluding hydrogens is 333 g/mol. The van der Waals surface area contributed by atoms with Crippen LogP contribution in [-0.4, -0.2) is 52.5 Å². The fourth-order valence-electron chi connectivity index (χ4n) is 1.02. The van der Waals surface area contributed by atoms with Crippen LogP contribution < -0.4 is 10.6 Å². The first-order chi connectivity index (χ1) is 7.74. The molecule has 0 spiro atoms. The van der Waals surface area contributed by atoms with Crippen LogP contribution in [0.15, 0.2) is 4.99 Å². The number of rotatable bonds is 8. The molecule has 2 N–H and O–H groups in total. The molecule has 0 aliphatic rings.